The van der Waals surface area contributed by atoms with Gasteiger partial charge in [0.25, 0.3) is 0 Å². The van der Waals surface area contributed by atoms with Crippen molar-refractivity contribution >= 4 is 0 Å². The maximum Gasteiger partial charge on any atom is 0.181 e. The van der Waals surface area contributed by atoms with Crippen LogP contribution in [0.5, 0.6) is 0 Å². The van der Waals surface area contributed by atoms with E-state index in [-0.39, 0.29) is 6.61 Å². The van der Waals surface area contributed by atoms with Crippen molar-refractivity contribution in [2.45, 2.75) is 19.9 Å². The van der Waals surface area contributed by atoms with E-state index in [1.54, 1.807) is 0 Å². The molecule has 0 bridgehead atoms. The fourth-order valence-corrected chi connectivity index (χ4v) is 2.24. The molecule has 1 aromatic rings. The fraction of sp³-hybridized carbons (Fsp3) is 0.750. The van der Waals surface area contributed by atoms with Gasteiger partial charge in [0.1, 0.15) is 5.76 Å². The lowest BCUT2D eigenvalue weighted by Crippen LogP contribution is -2.32. The molecule has 0 aromatic carbocycles. The van der Waals surface area contributed by atoms with E-state index in [1.165, 1.54) is 6.39 Å². The van der Waals surface area contributed by atoms with Gasteiger partial charge in [-0.1, -0.05) is 0 Å². The number of aliphatic hydroxyl groups is 1. The minimum atomic E-state index is 0.252. The Morgan fingerprint density at radius 1 is 1.29 bits per heavy atom. The van der Waals surface area contributed by atoms with Crippen molar-refractivity contribution in [3.8, 4) is 0 Å². The van der Waals surface area contributed by atoms with Gasteiger partial charge in [0.2, 0.25) is 0 Å². The largest absolute Gasteiger partial charge is 0.448 e. The van der Waals surface area contributed by atoms with Crippen LogP contribution in [0.3, 0.4) is 0 Å². The van der Waals surface area contributed by atoms with Crippen molar-refractivity contribution in [2.24, 2.45) is 0 Å². The van der Waals surface area contributed by atoms with Crippen LogP contribution in [0.15, 0.2) is 10.8 Å². The molecular formula is C12H21N3O2. The van der Waals surface area contributed by atoms with E-state index in [0.29, 0.717) is 0 Å². The first-order valence-electron chi connectivity index (χ1n) is 6.24. The number of aryl methyl sites for hydroxylation is 1. The highest BCUT2D eigenvalue weighted by Gasteiger charge is 2.16. The van der Waals surface area contributed by atoms with E-state index in [9.17, 15) is 0 Å². The SMILES string of the molecule is Cc1ocnc1CN1CCCN(CCO)CC1. The third kappa shape index (κ3) is 3.52. The Labute approximate surface area is 102 Å². The second-order valence-electron chi connectivity index (χ2n) is 4.55. The van der Waals surface area contributed by atoms with Gasteiger partial charge in [-0.15, -0.1) is 0 Å². The number of aliphatic hydroxyl groups excluding tert-OH is 1. The van der Waals surface area contributed by atoms with Crippen molar-refractivity contribution in [3.63, 3.8) is 0 Å². The van der Waals surface area contributed by atoms with Gasteiger partial charge in [0.15, 0.2) is 6.39 Å². The van der Waals surface area contributed by atoms with Gasteiger partial charge >= 0.3 is 0 Å². The lowest BCUT2D eigenvalue weighted by Gasteiger charge is -2.20. The van der Waals surface area contributed by atoms with Crippen LogP contribution in [0.2, 0.25) is 0 Å². The van der Waals surface area contributed by atoms with Crippen molar-refractivity contribution in [1.29, 1.82) is 0 Å². The highest BCUT2D eigenvalue weighted by Crippen LogP contribution is 2.10. The standard InChI is InChI=1S/C12H21N3O2/c1-11-12(13-10-17-11)9-15-4-2-3-14(5-6-15)7-8-16/h10,16H,2-9H2,1H3. The minimum absolute atomic E-state index is 0.252. The van der Waals surface area contributed by atoms with Crippen LogP contribution in [0.4, 0.5) is 0 Å². The zero-order valence-electron chi connectivity index (χ0n) is 10.4. The summed E-state index contributed by atoms with van der Waals surface area (Å²) in [6.07, 6.45) is 2.66. The summed E-state index contributed by atoms with van der Waals surface area (Å²) in [5.74, 6) is 0.918. The summed E-state index contributed by atoms with van der Waals surface area (Å²) >= 11 is 0. The summed E-state index contributed by atoms with van der Waals surface area (Å²) in [6.45, 7) is 8.10. The topological polar surface area (TPSA) is 52.7 Å². The maximum absolute atomic E-state index is 8.94. The molecule has 1 aliphatic rings. The molecule has 17 heavy (non-hydrogen) atoms. The first kappa shape index (κ1) is 12.5. The van der Waals surface area contributed by atoms with Gasteiger partial charge in [-0.25, -0.2) is 4.98 Å². The Morgan fingerprint density at radius 3 is 2.76 bits per heavy atom. The zero-order valence-corrected chi connectivity index (χ0v) is 10.4. The molecule has 1 aromatic heterocycles. The van der Waals surface area contributed by atoms with Gasteiger partial charge in [-0.2, -0.15) is 0 Å². The number of aromatic nitrogens is 1. The highest BCUT2D eigenvalue weighted by molar-refractivity contribution is 5.04. The molecule has 2 rings (SSSR count). The van der Waals surface area contributed by atoms with Gasteiger partial charge < -0.3 is 9.52 Å². The van der Waals surface area contributed by atoms with E-state index < -0.39 is 0 Å². The molecule has 1 aliphatic heterocycles. The van der Waals surface area contributed by atoms with Crippen LogP contribution in [-0.2, 0) is 6.54 Å². The van der Waals surface area contributed by atoms with Gasteiger partial charge in [-0.05, 0) is 26.4 Å². The van der Waals surface area contributed by atoms with Crippen LogP contribution in [0.1, 0.15) is 17.9 Å². The maximum atomic E-state index is 8.94. The second-order valence-corrected chi connectivity index (χ2v) is 4.55. The van der Waals surface area contributed by atoms with Crippen molar-refractivity contribution in [3.05, 3.63) is 17.8 Å². The summed E-state index contributed by atoms with van der Waals surface area (Å²) < 4.78 is 5.22. The van der Waals surface area contributed by atoms with Crippen LogP contribution < -0.4 is 0 Å². The molecule has 1 fully saturated rings. The summed E-state index contributed by atoms with van der Waals surface area (Å²) in [6, 6.07) is 0. The van der Waals surface area contributed by atoms with Crippen LogP contribution >= 0.6 is 0 Å². The lowest BCUT2D eigenvalue weighted by molar-refractivity contribution is 0.195. The Morgan fingerprint density at radius 2 is 2.06 bits per heavy atom. The number of rotatable bonds is 4. The molecule has 5 nitrogen and oxygen atoms in total. The van der Waals surface area contributed by atoms with E-state index in [1.807, 2.05) is 6.92 Å². The van der Waals surface area contributed by atoms with Gasteiger partial charge in [0, 0.05) is 26.2 Å². The average Bonchev–Trinajstić information content (AvgIpc) is 2.59. The molecule has 0 saturated carbocycles. The number of hydrogen-bond donors (Lipinski definition) is 1. The minimum Gasteiger partial charge on any atom is -0.448 e. The Kier molecular flexibility index (Phi) is 4.53. The molecule has 0 amide bonds. The Hall–Kier alpha value is -0.910. The lowest BCUT2D eigenvalue weighted by atomic mass is 10.3. The molecule has 1 saturated heterocycles. The summed E-state index contributed by atoms with van der Waals surface area (Å²) in [4.78, 5) is 8.95. The smallest absolute Gasteiger partial charge is 0.181 e. The molecule has 5 heteroatoms. The predicted molar refractivity (Wildman–Crippen MR) is 64.7 cm³/mol. The molecular weight excluding hydrogens is 218 g/mol. The van der Waals surface area contributed by atoms with Gasteiger partial charge in [0.05, 0.1) is 12.3 Å². The normalized spacial score (nSPS) is 19.4. The second kappa shape index (κ2) is 6.14. The molecule has 0 atom stereocenters. The first-order valence-corrected chi connectivity index (χ1v) is 6.24. The van der Waals surface area contributed by atoms with E-state index >= 15 is 0 Å². The Balaban J connectivity index is 1.85. The van der Waals surface area contributed by atoms with E-state index in [2.05, 4.69) is 14.8 Å². The molecule has 2 heterocycles. The number of hydrogen-bond acceptors (Lipinski definition) is 5. The molecule has 0 aliphatic carbocycles. The van der Waals surface area contributed by atoms with Crippen molar-refractivity contribution < 1.29 is 9.52 Å². The molecule has 0 spiro atoms. The quantitative estimate of drug-likeness (QED) is 0.828. The highest BCUT2D eigenvalue weighted by atomic mass is 16.3. The van der Waals surface area contributed by atoms with Gasteiger partial charge in [-0.3, -0.25) is 9.80 Å². The predicted octanol–water partition coefficient (Wildman–Crippen LogP) is 0.483. The van der Waals surface area contributed by atoms with Crippen LogP contribution in [0, 0.1) is 6.92 Å². The van der Waals surface area contributed by atoms with E-state index in [4.69, 9.17) is 9.52 Å². The molecule has 96 valence electrons. The molecule has 0 unspecified atom stereocenters. The van der Waals surface area contributed by atoms with Crippen LogP contribution in [-0.4, -0.2) is 59.2 Å². The fourth-order valence-electron chi connectivity index (χ4n) is 2.24. The number of nitrogens with zero attached hydrogens (tertiary/aromatic N) is 3. The average molecular weight is 239 g/mol. The van der Waals surface area contributed by atoms with Crippen LogP contribution in [0.25, 0.3) is 0 Å². The number of β-amino-alcohol motifs (C(OH)–C–C–N with tert-alkyl or cyclic N) is 1. The summed E-state index contributed by atoms with van der Waals surface area (Å²) in [7, 11) is 0. The van der Waals surface area contributed by atoms with E-state index in [0.717, 1.165) is 57.1 Å². The summed E-state index contributed by atoms with van der Waals surface area (Å²) in [5.41, 5.74) is 1.04. The summed E-state index contributed by atoms with van der Waals surface area (Å²) in [5, 5.41) is 8.94. The zero-order chi connectivity index (χ0) is 12.1. The monoisotopic (exact) mass is 239 g/mol. The molecule has 1 N–H and O–H groups in total. The Bertz CT molecular complexity index is 340. The molecule has 0 radical (unpaired) electrons. The first-order chi connectivity index (χ1) is 8.29. The van der Waals surface area contributed by atoms with Crippen molar-refractivity contribution in [1.82, 2.24) is 14.8 Å². The third-order valence-corrected chi connectivity index (χ3v) is 3.32. The number of oxazole rings is 1. The van der Waals surface area contributed by atoms with Crippen molar-refractivity contribution in [2.75, 3.05) is 39.3 Å². The third-order valence-electron chi connectivity index (χ3n) is 3.32.